The van der Waals surface area contributed by atoms with Crippen LogP contribution in [0, 0.1) is 0 Å². The summed E-state index contributed by atoms with van der Waals surface area (Å²) < 4.78 is 6.29. The van der Waals surface area contributed by atoms with Crippen molar-refractivity contribution in [1.82, 2.24) is 0 Å². The molecule has 0 radical (unpaired) electrons. The van der Waals surface area contributed by atoms with Gasteiger partial charge < -0.3 is 9.22 Å². The summed E-state index contributed by atoms with van der Waals surface area (Å²) in [5.41, 5.74) is 1.13. The maximum absolute atomic E-state index is 10.9. The van der Waals surface area contributed by atoms with Gasteiger partial charge in [0, 0.05) is 6.42 Å². The zero-order valence-electron chi connectivity index (χ0n) is 13.2. The van der Waals surface area contributed by atoms with E-state index in [0.717, 1.165) is 11.8 Å². The van der Waals surface area contributed by atoms with E-state index in [1.807, 2.05) is 42.5 Å². The van der Waals surface area contributed by atoms with Crippen LogP contribution in [-0.2, 0) is 9.22 Å². The molecule has 2 nitrogen and oxygen atoms in total. The van der Waals surface area contributed by atoms with E-state index >= 15 is 0 Å². The molecule has 0 spiro atoms. The minimum absolute atomic E-state index is 0.131. The molecule has 0 aliphatic rings. The highest BCUT2D eigenvalue weighted by molar-refractivity contribution is 6.74. The second-order valence-corrected chi connectivity index (χ2v) is 11.3. The van der Waals surface area contributed by atoms with E-state index in [4.69, 9.17) is 4.43 Å². The molecule has 1 unspecified atom stereocenters. The van der Waals surface area contributed by atoms with E-state index < -0.39 is 8.32 Å². The van der Waals surface area contributed by atoms with Crippen LogP contribution in [0.15, 0.2) is 36.4 Å². The smallest absolute Gasteiger partial charge is 0.192 e. The summed E-state index contributed by atoms with van der Waals surface area (Å²) in [4.78, 5) is 10.9. The molecule has 0 amide bonds. The van der Waals surface area contributed by atoms with Crippen molar-refractivity contribution in [2.45, 2.75) is 51.4 Å². The van der Waals surface area contributed by atoms with Gasteiger partial charge in [-0.15, -0.1) is 0 Å². The van der Waals surface area contributed by atoms with Gasteiger partial charge in [0.1, 0.15) is 6.29 Å². The molecule has 0 N–H and O–H groups in total. The molecule has 0 aliphatic heterocycles. The molecule has 0 bridgehead atoms. The summed E-state index contributed by atoms with van der Waals surface area (Å²) in [5, 5.41) is 0.148. The number of hydrogen-bond acceptors (Lipinski definition) is 2. The second kappa shape index (κ2) is 7.00. The molecule has 1 aromatic carbocycles. The minimum Gasteiger partial charge on any atom is -0.410 e. The first-order valence-corrected chi connectivity index (χ1v) is 10.0. The fraction of sp³-hybridized carbons (Fsp3) is 0.471. The Labute approximate surface area is 124 Å². The van der Waals surface area contributed by atoms with Crippen molar-refractivity contribution >= 4 is 20.7 Å². The number of carbonyl (C=O) groups is 1. The van der Waals surface area contributed by atoms with Crippen molar-refractivity contribution in [1.29, 1.82) is 0 Å². The van der Waals surface area contributed by atoms with Gasteiger partial charge in [-0.1, -0.05) is 63.3 Å². The lowest BCUT2D eigenvalue weighted by Gasteiger charge is -2.38. The highest BCUT2D eigenvalue weighted by atomic mass is 28.4. The number of benzene rings is 1. The molecule has 110 valence electrons. The SMILES string of the molecule is CC(C)(C)[Si](C)(C)OC(/C=C/c1ccccc1)CC=O. The lowest BCUT2D eigenvalue weighted by atomic mass is 10.1. The zero-order chi connectivity index (χ0) is 15.2. The van der Waals surface area contributed by atoms with Crippen molar-refractivity contribution in [2.75, 3.05) is 0 Å². The first kappa shape index (κ1) is 16.9. The van der Waals surface area contributed by atoms with E-state index in [1.54, 1.807) is 0 Å². The van der Waals surface area contributed by atoms with Crippen LogP contribution in [0.2, 0.25) is 18.1 Å². The molecule has 1 aromatic rings. The molecule has 0 aliphatic carbocycles. The largest absolute Gasteiger partial charge is 0.410 e. The van der Waals surface area contributed by atoms with Gasteiger partial charge in [-0.25, -0.2) is 0 Å². The summed E-state index contributed by atoms with van der Waals surface area (Å²) in [6.07, 6.45) is 5.25. The van der Waals surface area contributed by atoms with Gasteiger partial charge in [0.2, 0.25) is 0 Å². The Hall–Kier alpha value is -1.19. The number of aldehydes is 1. The second-order valence-electron chi connectivity index (χ2n) is 6.59. The first-order valence-electron chi connectivity index (χ1n) is 7.11. The topological polar surface area (TPSA) is 26.3 Å². The van der Waals surface area contributed by atoms with Crippen molar-refractivity contribution in [3.8, 4) is 0 Å². The Morgan fingerprint density at radius 2 is 1.80 bits per heavy atom. The van der Waals surface area contributed by atoms with Crippen molar-refractivity contribution < 1.29 is 9.22 Å². The lowest BCUT2D eigenvalue weighted by molar-refractivity contribution is -0.108. The molecular formula is C17H26O2Si. The van der Waals surface area contributed by atoms with Gasteiger partial charge in [0.15, 0.2) is 8.32 Å². The Morgan fingerprint density at radius 3 is 2.30 bits per heavy atom. The van der Waals surface area contributed by atoms with E-state index in [9.17, 15) is 4.79 Å². The molecule has 1 atom stereocenters. The van der Waals surface area contributed by atoms with Crippen LogP contribution < -0.4 is 0 Å². The minimum atomic E-state index is -1.85. The third-order valence-corrected chi connectivity index (χ3v) is 8.39. The van der Waals surface area contributed by atoms with Gasteiger partial charge in [-0.05, 0) is 23.7 Å². The molecule has 0 aromatic heterocycles. The molecule has 0 saturated carbocycles. The van der Waals surface area contributed by atoms with Gasteiger partial charge in [0.25, 0.3) is 0 Å². The van der Waals surface area contributed by atoms with E-state index in [1.165, 1.54) is 0 Å². The van der Waals surface area contributed by atoms with E-state index in [2.05, 4.69) is 33.9 Å². The number of rotatable bonds is 6. The zero-order valence-corrected chi connectivity index (χ0v) is 14.2. The van der Waals surface area contributed by atoms with Crippen LogP contribution >= 0.6 is 0 Å². The monoisotopic (exact) mass is 290 g/mol. The third kappa shape index (κ3) is 5.06. The maximum Gasteiger partial charge on any atom is 0.192 e. The molecule has 0 heterocycles. The summed E-state index contributed by atoms with van der Waals surface area (Å²) in [6.45, 7) is 11.0. The molecule has 0 saturated heterocycles. The number of carbonyl (C=O) groups excluding carboxylic acids is 1. The van der Waals surface area contributed by atoms with Crippen LogP contribution in [-0.4, -0.2) is 20.7 Å². The fourth-order valence-corrected chi connectivity index (χ4v) is 2.88. The quantitative estimate of drug-likeness (QED) is 0.561. The van der Waals surface area contributed by atoms with Gasteiger partial charge in [-0.2, -0.15) is 0 Å². The van der Waals surface area contributed by atoms with Crippen molar-refractivity contribution in [3.05, 3.63) is 42.0 Å². The van der Waals surface area contributed by atoms with Crippen LogP contribution in [0.4, 0.5) is 0 Å². The Morgan fingerprint density at radius 1 is 1.20 bits per heavy atom. The lowest BCUT2D eigenvalue weighted by Crippen LogP contribution is -2.43. The molecular weight excluding hydrogens is 264 g/mol. The van der Waals surface area contributed by atoms with Gasteiger partial charge in [-0.3, -0.25) is 0 Å². The predicted molar refractivity (Wildman–Crippen MR) is 88.2 cm³/mol. The van der Waals surface area contributed by atoms with Crippen LogP contribution in [0.5, 0.6) is 0 Å². The average Bonchev–Trinajstić information content (AvgIpc) is 2.36. The Kier molecular flexibility index (Phi) is 5.90. The standard InChI is InChI=1S/C17H26O2Si/c1-17(2,3)20(4,5)19-16(13-14-18)12-11-15-9-7-6-8-10-15/h6-12,14,16H,13H2,1-5H3/b12-11+. The van der Waals surface area contributed by atoms with Crippen molar-refractivity contribution in [2.24, 2.45) is 0 Å². The average molecular weight is 290 g/mol. The van der Waals surface area contributed by atoms with Crippen molar-refractivity contribution in [3.63, 3.8) is 0 Å². The summed E-state index contributed by atoms with van der Waals surface area (Å²) in [6, 6.07) is 10.1. The van der Waals surface area contributed by atoms with Gasteiger partial charge >= 0.3 is 0 Å². The summed E-state index contributed by atoms with van der Waals surface area (Å²) >= 11 is 0. The fourth-order valence-electron chi connectivity index (χ4n) is 1.60. The molecule has 20 heavy (non-hydrogen) atoms. The number of hydrogen-bond donors (Lipinski definition) is 0. The van der Waals surface area contributed by atoms with Gasteiger partial charge in [0.05, 0.1) is 6.10 Å². The van der Waals surface area contributed by atoms with E-state index in [0.29, 0.717) is 6.42 Å². The van der Waals surface area contributed by atoms with E-state index in [-0.39, 0.29) is 11.1 Å². The summed E-state index contributed by atoms with van der Waals surface area (Å²) in [7, 11) is -1.85. The Balaban J connectivity index is 2.80. The Bertz CT molecular complexity index is 444. The summed E-state index contributed by atoms with van der Waals surface area (Å²) in [5.74, 6) is 0. The highest BCUT2D eigenvalue weighted by Crippen LogP contribution is 2.37. The molecule has 1 rings (SSSR count). The molecule has 3 heteroatoms. The first-order chi connectivity index (χ1) is 9.26. The van der Waals surface area contributed by atoms with Crippen LogP contribution in [0.25, 0.3) is 6.08 Å². The maximum atomic E-state index is 10.9. The highest BCUT2D eigenvalue weighted by Gasteiger charge is 2.38. The predicted octanol–water partition coefficient (Wildman–Crippen LogP) is 4.68. The third-order valence-electron chi connectivity index (χ3n) is 3.88. The van der Waals surface area contributed by atoms with Crippen LogP contribution in [0.1, 0.15) is 32.8 Å². The van der Waals surface area contributed by atoms with Crippen LogP contribution in [0.3, 0.4) is 0 Å². The normalized spacial score (nSPS) is 14.4. The molecule has 0 fully saturated rings.